The molecule has 4 N–H and O–H groups in total. The van der Waals surface area contributed by atoms with E-state index in [9.17, 15) is 14.4 Å². The van der Waals surface area contributed by atoms with Crippen LogP contribution in [0.15, 0.2) is 70.3 Å². The lowest BCUT2D eigenvalue weighted by Gasteiger charge is -2.06. The summed E-state index contributed by atoms with van der Waals surface area (Å²) in [7, 11) is 0. The van der Waals surface area contributed by atoms with Gasteiger partial charge in [0.05, 0.1) is 12.1 Å². The third-order valence-corrected chi connectivity index (χ3v) is 4.27. The van der Waals surface area contributed by atoms with E-state index in [4.69, 9.17) is 0 Å². The van der Waals surface area contributed by atoms with Gasteiger partial charge in [-0.1, -0.05) is 48.5 Å². The van der Waals surface area contributed by atoms with Crippen LogP contribution in [-0.4, -0.2) is 21.1 Å². The topological polar surface area (TPSA) is 111 Å². The van der Waals surface area contributed by atoms with Crippen molar-refractivity contribution in [3.8, 4) is 11.3 Å². The number of rotatable bonds is 4. The van der Waals surface area contributed by atoms with Gasteiger partial charge in [0.1, 0.15) is 5.69 Å². The van der Waals surface area contributed by atoms with Gasteiger partial charge in [-0.2, -0.15) is 0 Å². The van der Waals surface area contributed by atoms with Crippen molar-refractivity contribution in [1.29, 1.82) is 0 Å². The predicted octanol–water partition coefficient (Wildman–Crippen LogP) is 2.39. The highest BCUT2D eigenvalue weighted by Crippen LogP contribution is 2.22. The van der Waals surface area contributed by atoms with Crippen LogP contribution in [0.2, 0.25) is 0 Å². The number of anilines is 1. The zero-order chi connectivity index (χ0) is 18.8. The monoisotopic (exact) mass is 360 g/mol. The molecule has 134 valence electrons. The first kappa shape index (κ1) is 16.6. The van der Waals surface area contributed by atoms with E-state index in [1.165, 1.54) is 0 Å². The van der Waals surface area contributed by atoms with Crippen LogP contribution in [0.25, 0.3) is 22.0 Å². The highest BCUT2D eigenvalue weighted by atomic mass is 16.2. The maximum absolute atomic E-state index is 12.5. The van der Waals surface area contributed by atoms with E-state index in [1.54, 1.807) is 18.2 Å². The van der Waals surface area contributed by atoms with E-state index >= 15 is 0 Å². The van der Waals surface area contributed by atoms with Crippen molar-refractivity contribution in [2.24, 2.45) is 0 Å². The summed E-state index contributed by atoms with van der Waals surface area (Å²) in [6.07, 6.45) is -0.0566. The van der Waals surface area contributed by atoms with Gasteiger partial charge in [0.2, 0.25) is 5.91 Å². The molecule has 4 aromatic rings. The van der Waals surface area contributed by atoms with E-state index in [0.717, 1.165) is 10.9 Å². The van der Waals surface area contributed by atoms with E-state index in [2.05, 4.69) is 20.5 Å². The van der Waals surface area contributed by atoms with Crippen molar-refractivity contribution in [3.63, 3.8) is 0 Å². The molecule has 0 spiro atoms. The SMILES string of the molecule is O=C(Cc1cc2ccccc2c(=O)[nH]1)Nc1c(-c2ccccc2)[nH][nH]c1=O. The van der Waals surface area contributed by atoms with Gasteiger partial charge in [-0.15, -0.1) is 0 Å². The Labute approximate surface area is 153 Å². The molecular weight excluding hydrogens is 344 g/mol. The van der Waals surface area contributed by atoms with Crippen molar-refractivity contribution < 1.29 is 4.79 Å². The molecule has 0 aliphatic rings. The Morgan fingerprint density at radius 1 is 0.889 bits per heavy atom. The number of hydrogen-bond acceptors (Lipinski definition) is 3. The summed E-state index contributed by atoms with van der Waals surface area (Å²) in [6.45, 7) is 0. The van der Waals surface area contributed by atoms with Gasteiger partial charge in [-0.3, -0.25) is 24.6 Å². The Bertz CT molecular complexity index is 1240. The first-order valence-corrected chi connectivity index (χ1v) is 8.38. The van der Waals surface area contributed by atoms with Crippen molar-refractivity contribution in [1.82, 2.24) is 15.2 Å². The third kappa shape index (κ3) is 3.30. The number of hydrogen-bond donors (Lipinski definition) is 4. The highest BCUT2D eigenvalue weighted by molar-refractivity contribution is 5.95. The lowest BCUT2D eigenvalue weighted by Crippen LogP contribution is -2.21. The molecule has 27 heavy (non-hydrogen) atoms. The Morgan fingerprint density at radius 2 is 1.63 bits per heavy atom. The standard InChI is InChI=1S/C20H16N4O3/c25-16(11-14-10-13-8-4-5-9-15(13)19(26)21-14)22-18-17(23-24-20(18)27)12-6-2-1-3-7-12/h1-10H,11H2,(H,21,26)(H,22,25)(H2,23,24,27). The molecule has 2 aromatic carbocycles. The first-order chi connectivity index (χ1) is 13.1. The summed E-state index contributed by atoms with van der Waals surface area (Å²) in [4.78, 5) is 39.4. The number of amides is 1. The molecule has 0 aliphatic carbocycles. The van der Waals surface area contributed by atoms with E-state index < -0.39 is 11.5 Å². The molecule has 7 heteroatoms. The number of carbonyl (C=O) groups is 1. The van der Waals surface area contributed by atoms with Crippen molar-refractivity contribution in [3.05, 3.63) is 87.1 Å². The van der Waals surface area contributed by atoms with Crippen LogP contribution in [0.4, 0.5) is 5.69 Å². The number of pyridine rings is 1. The van der Waals surface area contributed by atoms with Gasteiger partial charge >= 0.3 is 0 Å². The molecule has 1 amide bonds. The smallest absolute Gasteiger partial charge is 0.288 e. The van der Waals surface area contributed by atoms with Crippen molar-refractivity contribution in [2.45, 2.75) is 6.42 Å². The molecule has 0 saturated carbocycles. The summed E-state index contributed by atoms with van der Waals surface area (Å²) in [5, 5.41) is 9.23. The second-order valence-electron chi connectivity index (χ2n) is 6.13. The minimum Gasteiger partial charge on any atom is -0.325 e. The second kappa shape index (κ2) is 6.80. The summed E-state index contributed by atoms with van der Waals surface area (Å²) < 4.78 is 0. The molecule has 0 aliphatic heterocycles. The minimum absolute atomic E-state index is 0.0566. The molecule has 0 bridgehead atoms. The quantitative estimate of drug-likeness (QED) is 0.448. The van der Waals surface area contributed by atoms with E-state index in [0.29, 0.717) is 16.8 Å². The fourth-order valence-electron chi connectivity index (χ4n) is 3.02. The van der Waals surface area contributed by atoms with Crippen LogP contribution in [0.5, 0.6) is 0 Å². The lowest BCUT2D eigenvalue weighted by molar-refractivity contribution is -0.115. The first-order valence-electron chi connectivity index (χ1n) is 8.38. The van der Waals surface area contributed by atoms with Crippen LogP contribution in [-0.2, 0) is 11.2 Å². The Kier molecular flexibility index (Phi) is 4.18. The Hall–Kier alpha value is -3.87. The largest absolute Gasteiger partial charge is 0.325 e. The van der Waals surface area contributed by atoms with Crippen LogP contribution in [0, 0.1) is 0 Å². The van der Waals surface area contributed by atoms with Crippen LogP contribution >= 0.6 is 0 Å². The predicted molar refractivity (Wildman–Crippen MR) is 104 cm³/mol. The van der Waals surface area contributed by atoms with Crippen LogP contribution < -0.4 is 16.4 Å². The van der Waals surface area contributed by atoms with Crippen LogP contribution in [0.3, 0.4) is 0 Å². The lowest BCUT2D eigenvalue weighted by atomic mass is 10.1. The fraction of sp³-hybridized carbons (Fsp3) is 0.0500. The average molecular weight is 360 g/mol. The molecule has 2 aromatic heterocycles. The number of aromatic amines is 3. The van der Waals surface area contributed by atoms with Gasteiger partial charge in [0.25, 0.3) is 11.1 Å². The molecule has 7 nitrogen and oxygen atoms in total. The van der Waals surface area contributed by atoms with Gasteiger partial charge in [0.15, 0.2) is 0 Å². The number of carbonyl (C=O) groups excluding carboxylic acids is 1. The van der Waals surface area contributed by atoms with E-state index in [-0.39, 0.29) is 17.7 Å². The molecule has 0 atom stereocenters. The molecule has 0 saturated heterocycles. The number of H-pyrrole nitrogens is 3. The Morgan fingerprint density at radius 3 is 2.44 bits per heavy atom. The molecule has 0 radical (unpaired) electrons. The number of benzene rings is 2. The number of nitrogens with one attached hydrogen (secondary N) is 4. The van der Waals surface area contributed by atoms with Gasteiger partial charge in [-0.05, 0) is 17.5 Å². The van der Waals surface area contributed by atoms with Gasteiger partial charge in [-0.25, -0.2) is 0 Å². The van der Waals surface area contributed by atoms with E-state index in [1.807, 2.05) is 42.5 Å². The minimum atomic E-state index is -0.422. The number of fused-ring (bicyclic) bond motifs is 1. The summed E-state index contributed by atoms with van der Waals surface area (Å²) in [5.74, 6) is -0.400. The third-order valence-electron chi connectivity index (χ3n) is 4.27. The molecule has 2 heterocycles. The molecule has 0 fully saturated rings. The zero-order valence-electron chi connectivity index (χ0n) is 14.2. The summed E-state index contributed by atoms with van der Waals surface area (Å²) >= 11 is 0. The van der Waals surface area contributed by atoms with Gasteiger partial charge in [0, 0.05) is 16.6 Å². The van der Waals surface area contributed by atoms with Crippen LogP contribution in [0.1, 0.15) is 5.69 Å². The maximum atomic E-state index is 12.5. The second-order valence-corrected chi connectivity index (χ2v) is 6.13. The Balaban J connectivity index is 1.60. The highest BCUT2D eigenvalue weighted by Gasteiger charge is 2.15. The van der Waals surface area contributed by atoms with Crippen molar-refractivity contribution >= 4 is 22.4 Å². The summed E-state index contributed by atoms with van der Waals surface area (Å²) in [6, 6.07) is 18.1. The van der Waals surface area contributed by atoms with Gasteiger partial charge < -0.3 is 10.3 Å². The average Bonchev–Trinajstić information content (AvgIpc) is 3.03. The molecule has 4 rings (SSSR count). The molecule has 0 unspecified atom stereocenters. The maximum Gasteiger partial charge on any atom is 0.288 e. The fourth-order valence-corrected chi connectivity index (χ4v) is 3.02. The normalized spacial score (nSPS) is 10.8. The number of aromatic nitrogens is 3. The molecular formula is C20H16N4O3. The summed E-state index contributed by atoms with van der Waals surface area (Å²) in [5.41, 5.74) is 1.22. The zero-order valence-corrected chi connectivity index (χ0v) is 14.2. The van der Waals surface area contributed by atoms with Crippen molar-refractivity contribution in [2.75, 3.05) is 5.32 Å².